The van der Waals surface area contributed by atoms with Gasteiger partial charge in [-0.1, -0.05) is 26.0 Å². The molecule has 1 aliphatic rings. The summed E-state index contributed by atoms with van der Waals surface area (Å²) in [5.74, 6) is 3.98. The summed E-state index contributed by atoms with van der Waals surface area (Å²) in [4.78, 5) is 19.1. The highest BCUT2D eigenvalue weighted by atomic mass is 32.2. The van der Waals surface area contributed by atoms with Crippen molar-refractivity contribution in [3.05, 3.63) is 48.2 Å². The number of hydrogen-bond acceptors (Lipinski definition) is 4. The number of pyridine rings is 1. The maximum atomic E-state index is 12.2. The van der Waals surface area contributed by atoms with E-state index in [4.69, 9.17) is 0 Å². The van der Waals surface area contributed by atoms with Crippen LogP contribution in [-0.4, -0.2) is 42.0 Å². The molecular weight excluding hydrogens is 342 g/mol. The Morgan fingerprint density at radius 3 is 2.42 bits per heavy atom. The second-order valence-corrected chi connectivity index (χ2v) is 8.25. The van der Waals surface area contributed by atoms with E-state index in [0.717, 1.165) is 43.0 Å². The largest absolute Gasteiger partial charge is 0.355 e. The zero-order chi connectivity index (χ0) is 18.4. The van der Waals surface area contributed by atoms with Crippen LogP contribution in [-0.2, 0) is 0 Å². The van der Waals surface area contributed by atoms with Gasteiger partial charge in [0.05, 0.1) is 0 Å². The van der Waals surface area contributed by atoms with Crippen LogP contribution in [0.15, 0.2) is 42.6 Å². The summed E-state index contributed by atoms with van der Waals surface area (Å²) in [7, 11) is 0. The summed E-state index contributed by atoms with van der Waals surface area (Å²) in [5, 5.41) is 2.97. The number of aromatic nitrogens is 1. The Bertz CT molecular complexity index is 707. The minimum Gasteiger partial charge on any atom is -0.355 e. The van der Waals surface area contributed by atoms with Gasteiger partial charge in [-0.2, -0.15) is 11.8 Å². The first kappa shape index (κ1) is 18.8. The lowest BCUT2D eigenvalue weighted by Gasteiger charge is -2.27. The van der Waals surface area contributed by atoms with Gasteiger partial charge in [-0.15, -0.1) is 0 Å². The third-order valence-electron chi connectivity index (χ3n) is 4.57. The van der Waals surface area contributed by atoms with E-state index in [1.807, 2.05) is 42.2 Å². The van der Waals surface area contributed by atoms with Gasteiger partial charge in [-0.3, -0.25) is 4.79 Å². The van der Waals surface area contributed by atoms with E-state index >= 15 is 0 Å². The van der Waals surface area contributed by atoms with Gasteiger partial charge in [0.15, 0.2) is 0 Å². The predicted molar refractivity (Wildman–Crippen MR) is 111 cm³/mol. The molecule has 138 valence electrons. The summed E-state index contributed by atoms with van der Waals surface area (Å²) in [6.07, 6.45) is 2.92. The molecule has 26 heavy (non-hydrogen) atoms. The van der Waals surface area contributed by atoms with Crippen LogP contribution in [0.5, 0.6) is 0 Å². The number of carbonyl (C=O) groups excluding carboxylic acids is 1. The summed E-state index contributed by atoms with van der Waals surface area (Å²) < 4.78 is 0. The number of nitrogens with zero attached hydrogens (tertiary/aromatic N) is 2. The van der Waals surface area contributed by atoms with Crippen molar-refractivity contribution in [3.63, 3.8) is 0 Å². The van der Waals surface area contributed by atoms with Gasteiger partial charge in [0.1, 0.15) is 5.82 Å². The quantitative estimate of drug-likeness (QED) is 0.833. The van der Waals surface area contributed by atoms with Gasteiger partial charge in [-0.25, -0.2) is 4.98 Å². The van der Waals surface area contributed by atoms with Gasteiger partial charge < -0.3 is 10.2 Å². The monoisotopic (exact) mass is 369 g/mol. The molecule has 1 aliphatic heterocycles. The smallest absolute Gasteiger partial charge is 0.251 e. The number of benzene rings is 1. The van der Waals surface area contributed by atoms with Crippen molar-refractivity contribution in [3.8, 4) is 11.1 Å². The number of anilines is 1. The maximum absolute atomic E-state index is 12.2. The van der Waals surface area contributed by atoms with Gasteiger partial charge in [0.2, 0.25) is 0 Å². The van der Waals surface area contributed by atoms with Crippen molar-refractivity contribution in [2.75, 3.05) is 36.0 Å². The molecule has 4 nitrogen and oxygen atoms in total. The number of carbonyl (C=O) groups is 1. The summed E-state index contributed by atoms with van der Waals surface area (Å²) in [6.45, 7) is 7.17. The Morgan fingerprint density at radius 2 is 1.81 bits per heavy atom. The topological polar surface area (TPSA) is 45.2 Å². The van der Waals surface area contributed by atoms with Gasteiger partial charge in [-0.05, 0) is 42.2 Å². The Balaban J connectivity index is 1.61. The minimum absolute atomic E-state index is 0.00589. The molecule has 0 unspecified atom stereocenters. The van der Waals surface area contributed by atoms with Crippen LogP contribution < -0.4 is 10.2 Å². The van der Waals surface area contributed by atoms with E-state index in [9.17, 15) is 4.79 Å². The molecule has 3 rings (SSSR count). The Kier molecular flexibility index (Phi) is 6.56. The van der Waals surface area contributed by atoms with Crippen molar-refractivity contribution in [1.29, 1.82) is 0 Å². The zero-order valence-electron chi connectivity index (χ0n) is 15.6. The molecule has 0 spiro atoms. The summed E-state index contributed by atoms with van der Waals surface area (Å²) in [5.41, 5.74) is 2.86. The maximum Gasteiger partial charge on any atom is 0.251 e. The van der Waals surface area contributed by atoms with E-state index in [0.29, 0.717) is 11.5 Å². The molecule has 1 saturated heterocycles. The highest BCUT2D eigenvalue weighted by Gasteiger charge is 2.12. The van der Waals surface area contributed by atoms with E-state index in [2.05, 4.69) is 41.2 Å². The molecule has 0 saturated carbocycles. The lowest BCUT2D eigenvalue weighted by Crippen LogP contribution is -2.32. The molecule has 5 heteroatoms. The number of nitrogens with one attached hydrogen (secondary N) is 1. The minimum atomic E-state index is -0.00589. The first-order chi connectivity index (χ1) is 12.6. The Hall–Kier alpha value is -2.01. The van der Waals surface area contributed by atoms with Crippen molar-refractivity contribution in [2.24, 2.45) is 5.92 Å². The average Bonchev–Trinajstić information content (AvgIpc) is 2.68. The molecule has 1 fully saturated rings. The molecule has 0 bridgehead atoms. The van der Waals surface area contributed by atoms with E-state index in [-0.39, 0.29) is 5.91 Å². The molecule has 2 heterocycles. The molecule has 0 aliphatic carbocycles. The predicted octanol–water partition coefficient (Wildman–Crippen LogP) is 4.08. The highest BCUT2D eigenvalue weighted by Crippen LogP contribution is 2.23. The van der Waals surface area contributed by atoms with Crippen LogP contribution in [0.3, 0.4) is 0 Å². The molecular formula is C21H27N3OS. The number of rotatable bonds is 6. The van der Waals surface area contributed by atoms with Crippen molar-refractivity contribution in [2.45, 2.75) is 20.3 Å². The fourth-order valence-electron chi connectivity index (χ4n) is 2.93. The first-order valence-corrected chi connectivity index (χ1v) is 10.5. The summed E-state index contributed by atoms with van der Waals surface area (Å²) in [6, 6.07) is 12.0. The van der Waals surface area contributed by atoms with Crippen LogP contribution in [0.1, 0.15) is 30.6 Å². The van der Waals surface area contributed by atoms with Crippen LogP contribution >= 0.6 is 11.8 Å². The molecule has 1 amide bonds. The van der Waals surface area contributed by atoms with E-state index in [1.165, 1.54) is 11.5 Å². The molecule has 1 aromatic heterocycles. The standard InChI is InChI=1S/C21H27N3OS/c1-16(2)9-10-22-21(25)18-5-3-17(4-6-18)19-7-8-20(23-15-19)24-11-13-26-14-12-24/h3-8,15-16H,9-14H2,1-2H3,(H,22,25). The molecule has 2 aromatic rings. The first-order valence-electron chi connectivity index (χ1n) is 9.31. The number of hydrogen-bond donors (Lipinski definition) is 1. The second-order valence-electron chi connectivity index (χ2n) is 7.02. The fourth-order valence-corrected chi connectivity index (χ4v) is 3.83. The molecule has 1 N–H and O–H groups in total. The second kappa shape index (κ2) is 9.08. The molecule has 1 aromatic carbocycles. The SMILES string of the molecule is CC(C)CCNC(=O)c1ccc(-c2ccc(N3CCSCC3)nc2)cc1. The molecule has 0 radical (unpaired) electrons. The van der Waals surface area contributed by atoms with Crippen LogP contribution in [0.25, 0.3) is 11.1 Å². The van der Waals surface area contributed by atoms with Crippen molar-refractivity contribution < 1.29 is 4.79 Å². The van der Waals surface area contributed by atoms with E-state index in [1.54, 1.807) is 0 Å². The van der Waals surface area contributed by atoms with Crippen molar-refractivity contribution >= 4 is 23.5 Å². The van der Waals surface area contributed by atoms with Crippen LogP contribution in [0, 0.1) is 5.92 Å². The summed E-state index contributed by atoms with van der Waals surface area (Å²) >= 11 is 2.00. The lowest BCUT2D eigenvalue weighted by molar-refractivity contribution is 0.0952. The number of thioether (sulfide) groups is 1. The van der Waals surface area contributed by atoms with Crippen LogP contribution in [0.4, 0.5) is 5.82 Å². The van der Waals surface area contributed by atoms with Gasteiger partial charge >= 0.3 is 0 Å². The average molecular weight is 370 g/mol. The fraction of sp³-hybridized carbons (Fsp3) is 0.429. The zero-order valence-corrected chi connectivity index (χ0v) is 16.4. The number of amides is 1. The normalized spacial score (nSPS) is 14.5. The highest BCUT2D eigenvalue weighted by molar-refractivity contribution is 7.99. The van der Waals surface area contributed by atoms with Gasteiger partial charge in [0, 0.05) is 48.5 Å². The lowest BCUT2D eigenvalue weighted by atomic mass is 10.1. The van der Waals surface area contributed by atoms with Crippen molar-refractivity contribution in [1.82, 2.24) is 10.3 Å². The Labute approximate surface area is 160 Å². The van der Waals surface area contributed by atoms with Gasteiger partial charge in [0.25, 0.3) is 5.91 Å². The van der Waals surface area contributed by atoms with Crippen LogP contribution in [0.2, 0.25) is 0 Å². The van der Waals surface area contributed by atoms with E-state index < -0.39 is 0 Å². The third kappa shape index (κ3) is 5.01. The third-order valence-corrected chi connectivity index (χ3v) is 5.51. The Morgan fingerprint density at radius 1 is 1.12 bits per heavy atom. The molecule has 0 atom stereocenters.